The van der Waals surface area contributed by atoms with E-state index in [1.165, 1.54) is 61.2 Å². The summed E-state index contributed by atoms with van der Waals surface area (Å²) < 4.78 is 0. The molecule has 238 valence electrons. The van der Waals surface area contributed by atoms with Gasteiger partial charge in [0.15, 0.2) is 0 Å². The quantitative estimate of drug-likeness (QED) is 0.169. The Morgan fingerprint density at radius 1 is 0.388 bits per heavy atom. The average molecular weight is 632 g/mol. The zero-order valence-corrected chi connectivity index (χ0v) is 28.7. The van der Waals surface area contributed by atoms with Gasteiger partial charge in [-0.15, -0.1) is 0 Å². The Morgan fingerprint density at radius 2 is 0.837 bits per heavy atom. The molecule has 0 atom stereocenters. The highest BCUT2D eigenvalue weighted by atomic mass is 15.1. The number of hydrogen-bond acceptors (Lipinski definition) is 1. The molecule has 0 heterocycles. The minimum Gasteiger partial charge on any atom is -0.310 e. The second-order valence-electron chi connectivity index (χ2n) is 14.1. The second kappa shape index (κ2) is 12.4. The molecule has 0 radical (unpaired) electrons. The van der Waals surface area contributed by atoms with E-state index in [-0.39, 0.29) is 5.41 Å². The van der Waals surface area contributed by atoms with Crippen molar-refractivity contribution in [3.8, 4) is 44.5 Å². The van der Waals surface area contributed by atoms with Crippen LogP contribution in [0.2, 0.25) is 0 Å². The van der Waals surface area contributed by atoms with Gasteiger partial charge in [-0.25, -0.2) is 0 Å². The molecule has 0 saturated carbocycles. The number of fused-ring (bicyclic) bond motifs is 3. The van der Waals surface area contributed by atoms with Crippen molar-refractivity contribution in [1.82, 2.24) is 0 Å². The lowest BCUT2D eigenvalue weighted by Gasteiger charge is -2.28. The molecule has 7 aromatic rings. The lowest BCUT2D eigenvalue weighted by Crippen LogP contribution is -2.17. The Balaban J connectivity index is 1.20. The zero-order valence-electron chi connectivity index (χ0n) is 28.7. The first-order valence-electron chi connectivity index (χ1n) is 17.4. The predicted octanol–water partition coefficient (Wildman–Crippen LogP) is 13.6. The lowest BCUT2D eigenvalue weighted by molar-refractivity contribution is 0.658. The van der Waals surface area contributed by atoms with Gasteiger partial charge in [-0.05, 0) is 104 Å². The molecule has 0 bridgehead atoms. The third-order valence-corrected chi connectivity index (χ3v) is 10.3. The summed E-state index contributed by atoms with van der Waals surface area (Å²) in [7, 11) is 0. The van der Waals surface area contributed by atoms with Gasteiger partial charge in [0.1, 0.15) is 0 Å². The van der Waals surface area contributed by atoms with Crippen molar-refractivity contribution in [2.45, 2.75) is 39.0 Å². The highest BCUT2D eigenvalue weighted by molar-refractivity contribution is 5.87. The molecule has 0 unspecified atom stereocenters. The Morgan fingerprint density at radius 3 is 1.43 bits per heavy atom. The van der Waals surface area contributed by atoms with Gasteiger partial charge in [-0.3, -0.25) is 0 Å². The minimum absolute atomic E-state index is 0.0983. The standard InChI is InChI=1S/C48H41N/c1-33(2)39-24-28-44-45-29-27-43(32-47(45)48(3,4)46(44)31-39)49(42-17-11-16-40(30-42)35-14-9-6-10-15-35)41-25-22-38(23-26-41)37-20-18-36(19-21-37)34-12-7-5-8-13-34/h5-33H,1-4H3. The summed E-state index contributed by atoms with van der Waals surface area (Å²) in [6.07, 6.45) is 0. The summed E-state index contributed by atoms with van der Waals surface area (Å²) in [6.45, 7) is 9.32. The van der Waals surface area contributed by atoms with Gasteiger partial charge in [0, 0.05) is 22.5 Å². The third-order valence-electron chi connectivity index (χ3n) is 10.3. The SMILES string of the molecule is CC(C)c1ccc2c(c1)C(C)(C)c1cc(N(c3ccc(-c4ccc(-c5ccccc5)cc4)cc3)c3cccc(-c4ccccc4)c3)ccc1-2. The molecule has 0 amide bonds. The summed E-state index contributed by atoms with van der Waals surface area (Å²) in [4.78, 5) is 2.41. The van der Waals surface area contributed by atoms with Crippen LogP contribution < -0.4 is 4.90 Å². The minimum atomic E-state index is -0.0983. The molecule has 1 nitrogen and oxygen atoms in total. The Bertz CT molecular complexity index is 2240. The van der Waals surface area contributed by atoms with Crippen LogP contribution >= 0.6 is 0 Å². The predicted molar refractivity (Wildman–Crippen MR) is 209 cm³/mol. The van der Waals surface area contributed by atoms with Crippen LogP contribution in [0, 0.1) is 0 Å². The molecule has 1 aliphatic carbocycles. The maximum Gasteiger partial charge on any atom is 0.0467 e. The molecular weight excluding hydrogens is 591 g/mol. The van der Waals surface area contributed by atoms with E-state index in [1.807, 2.05) is 0 Å². The molecule has 1 aliphatic rings. The fourth-order valence-electron chi connectivity index (χ4n) is 7.43. The molecule has 1 heteroatoms. The maximum absolute atomic E-state index is 2.44. The molecule has 0 aromatic heterocycles. The van der Waals surface area contributed by atoms with Crippen molar-refractivity contribution in [2.24, 2.45) is 0 Å². The van der Waals surface area contributed by atoms with Crippen molar-refractivity contribution in [3.63, 3.8) is 0 Å². The topological polar surface area (TPSA) is 3.24 Å². The van der Waals surface area contributed by atoms with Crippen LogP contribution in [-0.4, -0.2) is 0 Å². The summed E-state index contributed by atoms with van der Waals surface area (Å²) in [5, 5.41) is 0. The molecule has 8 rings (SSSR count). The van der Waals surface area contributed by atoms with E-state index < -0.39 is 0 Å². The first-order valence-corrected chi connectivity index (χ1v) is 17.4. The molecule has 0 aliphatic heterocycles. The van der Waals surface area contributed by atoms with E-state index in [9.17, 15) is 0 Å². The highest BCUT2D eigenvalue weighted by Gasteiger charge is 2.36. The van der Waals surface area contributed by atoms with E-state index in [0.29, 0.717) is 5.92 Å². The maximum atomic E-state index is 2.44. The van der Waals surface area contributed by atoms with Gasteiger partial charge in [-0.1, -0.05) is 161 Å². The van der Waals surface area contributed by atoms with Gasteiger partial charge in [0.05, 0.1) is 0 Å². The third kappa shape index (κ3) is 5.66. The fourth-order valence-corrected chi connectivity index (χ4v) is 7.43. The molecule has 0 spiro atoms. The zero-order chi connectivity index (χ0) is 33.5. The molecular formula is C48H41N. The number of hydrogen-bond donors (Lipinski definition) is 0. The fraction of sp³-hybridized carbons (Fsp3) is 0.125. The van der Waals surface area contributed by atoms with Crippen molar-refractivity contribution < 1.29 is 0 Å². The summed E-state index contributed by atoms with van der Waals surface area (Å²) in [6, 6.07) is 62.2. The Hall–Kier alpha value is -5.66. The normalized spacial score (nSPS) is 12.8. The molecule has 0 saturated heterocycles. The first kappa shape index (κ1) is 30.7. The molecule has 0 fully saturated rings. The molecule has 49 heavy (non-hydrogen) atoms. The lowest BCUT2D eigenvalue weighted by atomic mass is 9.81. The van der Waals surface area contributed by atoms with Crippen LogP contribution in [0.5, 0.6) is 0 Å². The smallest absolute Gasteiger partial charge is 0.0467 e. The Kier molecular flexibility index (Phi) is 7.77. The van der Waals surface area contributed by atoms with Gasteiger partial charge >= 0.3 is 0 Å². The van der Waals surface area contributed by atoms with Crippen LogP contribution in [0.4, 0.5) is 17.1 Å². The van der Waals surface area contributed by atoms with Crippen LogP contribution in [0.1, 0.15) is 50.3 Å². The van der Waals surface area contributed by atoms with E-state index in [2.05, 4.69) is 202 Å². The second-order valence-corrected chi connectivity index (χ2v) is 14.1. The van der Waals surface area contributed by atoms with Crippen LogP contribution in [0.3, 0.4) is 0 Å². The van der Waals surface area contributed by atoms with Crippen molar-refractivity contribution >= 4 is 17.1 Å². The van der Waals surface area contributed by atoms with Crippen molar-refractivity contribution in [1.29, 1.82) is 0 Å². The van der Waals surface area contributed by atoms with Crippen molar-refractivity contribution in [3.05, 3.63) is 187 Å². The van der Waals surface area contributed by atoms with E-state index >= 15 is 0 Å². The number of nitrogens with zero attached hydrogens (tertiary/aromatic N) is 1. The monoisotopic (exact) mass is 631 g/mol. The number of anilines is 3. The van der Waals surface area contributed by atoms with Crippen LogP contribution in [0.15, 0.2) is 170 Å². The van der Waals surface area contributed by atoms with Gasteiger partial charge in [0.2, 0.25) is 0 Å². The van der Waals surface area contributed by atoms with Crippen LogP contribution in [-0.2, 0) is 5.41 Å². The molecule has 7 aromatic carbocycles. The number of benzene rings is 7. The Labute approximate surface area is 291 Å². The molecule has 0 N–H and O–H groups in total. The summed E-state index contributed by atoms with van der Waals surface area (Å²) >= 11 is 0. The van der Waals surface area contributed by atoms with Gasteiger partial charge < -0.3 is 4.90 Å². The van der Waals surface area contributed by atoms with Gasteiger partial charge in [0.25, 0.3) is 0 Å². The van der Waals surface area contributed by atoms with Gasteiger partial charge in [-0.2, -0.15) is 0 Å². The van der Waals surface area contributed by atoms with E-state index in [1.54, 1.807) is 0 Å². The first-order chi connectivity index (χ1) is 23.9. The summed E-state index contributed by atoms with van der Waals surface area (Å²) in [5.41, 5.74) is 17.5. The summed E-state index contributed by atoms with van der Waals surface area (Å²) in [5.74, 6) is 0.498. The van der Waals surface area contributed by atoms with Crippen LogP contribution in [0.25, 0.3) is 44.5 Å². The number of rotatable bonds is 7. The van der Waals surface area contributed by atoms with E-state index in [4.69, 9.17) is 0 Å². The highest BCUT2D eigenvalue weighted by Crippen LogP contribution is 2.51. The van der Waals surface area contributed by atoms with Crippen molar-refractivity contribution in [2.75, 3.05) is 4.90 Å². The largest absolute Gasteiger partial charge is 0.310 e. The van der Waals surface area contributed by atoms with E-state index in [0.717, 1.165) is 17.1 Å². The average Bonchev–Trinajstić information content (AvgIpc) is 3.38.